The van der Waals surface area contributed by atoms with Crippen LogP contribution in [0.25, 0.3) is 0 Å². The van der Waals surface area contributed by atoms with Crippen molar-refractivity contribution in [3.8, 4) is 0 Å². The van der Waals surface area contributed by atoms with Crippen molar-refractivity contribution < 1.29 is 4.39 Å². The molecule has 1 fully saturated rings. The number of rotatable bonds is 4. The third-order valence-electron chi connectivity index (χ3n) is 3.67. The molecule has 0 aromatic heterocycles. The maximum absolute atomic E-state index is 13.2. The molecule has 1 aliphatic rings. The number of amidine groups is 1. The predicted molar refractivity (Wildman–Crippen MR) is 74.8 cm³/mol. The Morgan fingerprint density at radius 2 is 1.89 bits per heavy atom. The first-order valence-electron chi connectivity index (χ1n) is 6.67. The lowest BCUT2D eigenvalue weighted by Gasteiger charge is -2.34. The Hall–Kier alpha value is -1.46. The Labute approximate surface area is 113 Å². The summed E-state index contributed by atoms with van der Waals surface area (Å²) in [4.78, 5) is 4.74. The number of likely N-dealkylation sites (N-methyl/N-ethyl adjacent to an activating group) is 1. The minimum Gasteiger partial charge on any atom is -0.384 e. The molecule has 1 saturated heterocycles. The summed E-state index contributed by atoms with van der Waals surface area (Å²) in [5, 5.41) is 7.54. The van der Waals surface area contributed by atoms with Gasteiger partial charge >= 0.3 is 0 Å². The first kappa shape index (κ1) is 14.0. The number of nitrogen functional groups attached to an aromatic ring is 1. The fourth-order valence-corrected chi connectivity index (χ4v) is 2.44. The molecule has 0 aliphatic carbocycles. The van der Waals surface area contributed by atoms with Gasteiger partial charge in [0.1, 0.15) is 11.7 Å². The van der Waals surface area contributed by atoms with Crippen LogP contribution >= 0.6 is 0 Å². The van der Waals surface area contributed by atoms with E-state index in [-0.39, 0.29) is 11.7 Å². The molecule has 3 N–H and O–H groups in total. The molecule has 5 heteroatoms. The number of nitrogens with two attached hydrogens (primary N) is 1. The van der Waals surface area contributed by atoms with Crippen molar-refractivity contribution in [3.63, 3.8) is 0 Å². The van der Waals surface area contributed by atoms with E-state index in [2.05, 4.69) is 16.7 Å². The summed E-state index contributed by atoms with van der Waals surface area (Å²) in [5.74, 6) is -0.411. The number of piperazine rings is 1. The van der Waals surface area contributed by atoms with Crippen LogP contribution in [0.4, 0.5) is 4.39 Å². The predicted octanol–water partition coefficient (Wildman–Crippen LogP) is 1.25. The standard InChI is InChI=1S/C14H21FN4/c1-2-18-5-7-19(8-6-18)10-11-3-4-12(15)9-13(11)14(16)17/h3-4,9H,2,5-8,10H2,1H3,(H3,16,17). The SMILES string of the molecule is CCN1CCN(Cc2ccc(F)cc2C(=N)N)CC1. The van der Waals surface area contributed by atoms with Gasteiger partial charge in [0.15, 0.2) is 0 Å². The maximum atomic E-state index is 13.2. The highest BCUT2D eigenvalue weighted by molar-refractivity contribution is 5.96. The Morgan fingerprint density at radius 3 is 2.47 bits per heavy atom. The van der Waals surface area contributed by atoms with Crippen LogP contribution in [0.2, 0.25) is 0 Å². The molecular weight excluding hydrogens is 243 g/mol. The molecule has 1 aromatic rings. The Morgan fingerprint density at radius 1 is 1.26 bits per heavy atom. The Kier molecular flexibility index (Phi) is 4.50. The van der Waals surface area contributed by atoms with Gasteiger partial charge in [-0.2, -0.15) is 0 Å². The van der Waals surface area contributed by atoms with Crippen LogP contribution in [0.5, 0.6) is 0 Å². The van der Waals surface area contributed by atoms with E-state index in [1.165, 1.54) is 12.1 Å². The molecule has 0 amide bonds. The van der Waals surface area contributed by atoms with Crippen molar-refractivity contribution >= 4 is 5.84 Å². The minimum atomic E-state index is -0.343. The van der Waals surface area contributed by atoms with Gasteiger partial charge in [0, 0.05) is 38.3 Å². The van der Waals surface area contributed by atoms with Crippen molar-refractivity contribution in [3.05, 3.63) is 35.1 Å². The number of halogens is 1. The van der Waals surface area contributed by atoms with Crippen molar-refractivity contribution in [2.24, 2.45) is 5.73 Å². The zero-order valence-electron chi connectivity index (χ0n) is 11.3. The molecule has 19 heavy (non-hydrogen) atoms. The van der Waals surface area contributed by atoms with Crippen LogP contribution in [0, 0.1) is 11.2 Å². The second-order valence-corrected chi connectivity index (χ2v) is 4.93. The first-order valence-corrected chi connectivity index (χ1v) is 6.67. The largest absolute Gasteiger partial charge is 0.384 e. The van der Waals surface area contributed by atoms with Crippen molar-refractivity contribution in [1.82, 2.24) is 9.80 Å². The van der Waals surface area contributed by atoms with Crippen LogP contribution in [-0.4, -0.2) is 48.4 Å². The third-order valence-corrected chi connectivity index (χ3v) is 3.67. The van der Waals surface area contributed by atoms with Crippen LogP contribution < -0.4 is 5.73 Å². The minimum absolute atomic E-state index is 0.0679. The van der Waals surface area contributed by atoms with E-state index in [1.807, 2.05) is 0 Å². The summed E-state index contributed by atoms with van der Waals surface area (Å²) >= 11 is 0. The second-order valence-electron chi connectivity index (χ2n) is 4.93. The lowest BCUT2D eigenvalue weighted by Crippen LogP contribution is -2.45. The molecule has 1 heterocycles. The molecular formula is C14H21FN4. The van der Waals surface area contributed by atoms with Gasteiger partial charge in [-0.3, -0.25) is 10.3 Å². The van der Waals surface area contributed by atoms with Crippen molar-refractivity contribution in [2.75, 3.05) is 32.7 Å². The van der Waals surface area contributed by atoms with E-state index >= 15 is 0 Å². The molecule has 1 aromatic carbocycles. The van der Waals surface area contributed by atoms with Gasteiger partial charge in [0.05, 0.1) is 0 Å². The van der Waals surface area contributed by atoms with Gasteiger partial charge in [-0.25, -0.2) is 4.39 Å². The van der Waals surface area contributed by atoms with Gasteiger partial charge in [0.2, 0.25) is 0 Å². The lowest BCUT2D eigenvalue weighted by atomic mass is 10.1. The zero-order chi connectivity index (χ0) is 13.8. The lowest BCUT2D eigenvalue weighted by molar-refractivity contribution is 0.132. The Bertz CT molecular complexity index is 453. The number of hydrogen-bond donors (Lipinski definition) is 2. The highest BCUT2D eigenvalue weighted by Crippen LogP contribution is 2.15. The topological polar surface area (TPSA) is 56.4 Å². The summed E-state index contributed by atoms with van der Waals surface area (Å²) in [6.07, 6.45) is 0. The van der Waals surface area contributed by atoms with Gasteiger partial charge in [-0.1, -0.05) is 13.0 Å². The van der Waals surface area contributed by atoms with E-state index in [4.69, 9.17) is 11.1 Å². The quantitative estimate of drug-likeness (QED) is 0.635. The second kappa shape index (κ2) is 6.12. The molecule has 0 unspecified atom stereocenters. The molecule has 0 atom stereocenters. The van der Waals surface area contributed by atoms with E-state index in [0.29, 0.717) is 5.56 Å². The van der Waals surface area contributed by atoms with Gasteiger partial charge in [0.25, 0.3) is 0 Å². The van der Waals surface area contributed by atoms with Crippen molar-refractivity contribution in [1.29, 1.82) is 5.41 Å². The summed E-state index contributed by atoms with van der Waals surface area (Å²) in [6.45, 7) is 8.12. The van der Waals surface area contributed by atoms with E-state index in [0.717, 1.165) is 44.8 Å². The summed E-state index contributed by atoms with van der Waals surface area (Å²) in [7, 11) is 0. The van der Waals surface area contributed by atoms with Crippen LogP contribution in [0.1, 0.15) is 18.1 Å². The first-order chi connectivity index (χ1) is 9.10. The van der Waals surface area contributed by atoms with Crippen LogP contribution in [0.3, 0.4) is 0 Å². The van der Waals surface area contributed by atoms with Gasteiger partial charge in [-0.05, 0) is 24.2 Å². The van der Waals surface area contributed by atoms with Gasteiger partial charge < -0.3 is 10.6 Å². The molecule has 1 aliphatic heterocycles. The molecule has 0 saturated carbocycles. The van der Waals surface area contributed by atoms with E-state index in [9.17, 15) is 4.39 Å². The number of nitrogens with one attached hydrogen (secondary N) is 1. The fourth-order valence-electron chi connectivity index (χ4n) is 2.44. The highest BCUT2D eigenvalue weighted by Gasteiger charge is 2.17. The highest BCUT2D eigenvalue weighted by atomic mass is 19.1. The Balaban J connectivity index is 2.05. The number of benzene rings is 1. The average molecular weight is 264 g/mol. The molecule has 0 spiro atoms. The van der Waals surface area contributed by atoms with E-state index < -0.39 is 0 Å². The van der Waals surface area contributed by atoms with Crippen LogP contribution in [-0.2, 0) is 6.54 Å². The normalized spacial score (nSPS) is 17.6. The molecule has 104 valence electrons. The average Bonchev–Trinajstić information content (AvgIpc) is 2.41. The third kappa shape index (κ3) is 3.52. The zero-order valence-corrected chi connectivity index (χ0v) is 11.3. The summed E-state index contributed by atoms with van der Waals surface area (Å²) in [6, 6.07) is 4.52. The molecule has 2 rings (SSSR count). The number of hydrogen-bond acceptors (Lipinski definition) is 3. The van der Waals surface area contributed by atoms with E-state index in [1.54, 1.807) is 6.07 Å². The molecule has 0 radical (unpaired) electrons. The van der Waals surface area contributed by atoms with Crippen LogP contribution in [0.15, 0.2) is 18.2 Å². The smallest absolute Gasteiger partial charge is 0.123 e. The van der Waals surface area contributed by atoms with Crippen molar-refractivity contribution in [2.45, 2.75) is 13.5 Å². The molecule has 0 bridgehead atoms. The monoisotopic (exact) mass is 264 g/mol. The summed E-state index contributed by atoms with van der Waals surface area (Å²) in [5.41, 5.74) is 6.96. The summed E-state index contributed by atoms with van der Waals surface area (Å²) < 4.78 is 13.2. The molecule has 4 nitrogen and oxygen atoms in total. The fraction of sp³-hybridized carbons (Fsp3) is 0.500. The number of nitrogens with zero attached hydrogens (tertiary/aromatic N) is 2. The van der Waals surface area contributed by atoms with Gasteiger partial charge in [-0.15, -0.1) is 0 Å². The maximum Gasteiger partial charge on any atom is 0.123 e.